The van der Waals surface area contributed by atoms with Crippen LogP contribution in [-0.2, 0) is 18.6 Å². The Hall–Kier alpha value is 0.584. The van der Waals surface area contributed by atoms with Crippen LogP contribution in [0.25, 0.3) is 0 Å². The topological polar surface area (TPSA) is 0 Å². The zero-order valence-electron chi connectivity index (χ0n) is 8.22. The van der Waals surface area contributed by atoms with Crippen molar-refractivity contribution in [2.75, 3.05) is 0 Å². The van der Waals surface area contributed by atoms with Gasteiger partial charge in [-0.2, -0.15) is 11.3 Å². The van der Waals surface area contributed by atoms with E-state index in [0.29, 0.717) is 11.8 Å². The van der Waals surface area contributed by atoms with E-state index in [1.165, 1.54) is 0 Å². The molecule has 0 aromatic carbocycles. The molecule has 0 aromatic heterocycles. The average molecular weight is 191 g/mol. The van der Waals surface area contributed by atoms with Gasteiger partial charge in [0, 0.05) is 0 Å². The molecule has 0 aliphatic carbocycles. The predicted molar refractivity (Wildman–Crippen MR) is 47.4 cm³/mol. The van der Waals surface area contributed by atoms with Crippen LogP contribution in [0.2, 0.25) is 0 Å². The zero-order chi connectivity index (χ0) is 8.36. The molecule has 0 nitrogen and oxygen atoms in total. The second kappa shape index (κ2) is 5.27. The first-order valence-electron chi connectivity index (χ1n) is 4.01. The van der Waals surface area contributed by atoms with Crippen LogP contribution in [0, 0.1) is 31.1 Å². The molecule has 0 heterocycles. The van der Waals surface area contributed by atoms with E-state index in [-0.39, 0.29) is 24.0 Å². The van der Waals surface area contributed by atoms with Crippen LogP contribution in [0.15, 0.2) is 0 Å². The Labute approximate surface area is 84.0 Å². The molecule has 1 heteroatoms. The van der Waals surface area contributed by atoms with Gasteiger partial charge in [0.1, 0.15) is 0 Å². The third-order valence-electron chi connectivity index (χ3n) is 1.85. The van der Waals surface area contributed by atoms with Crippen LogP contribution < -0.4 is 0 Å². The smallest absolute Gasteiger partial charge is 0.340 e. The summed E-state index contributed by atoms with van der Waals surface area (Å²) in [4.78, 5) is 0. The van der Waals surface area contributed by atoms with Gasteiger partial charge in [-0.1, -0.05) is 40.0 Å². The molecule has 0 bridgehead atoms. The zero-order valence-corrected chi connectivity index (χ0v) is 9.62. The summed E-state index contributed by atoms with van der Waals surface area (Å²) in [5, 5.41) is 0. The Bertz CT molecular complexity index is 89.5. The fourth-order valence-electron chi connectivity index (χ4n) is 1.07. The molecule has 0 spiro atoms. The van der Waals surface area contributed by atoms with Crippen molar-refractivity contribution in [3.05, 3.63) is 13.8 Å². The maximum atomic E-state index is 4.07. The molecule has 0 aliphatic heterocycles. The molecule has 0 rings (SSSR count). The van der Waals surface area contributed by atoms with Gasteiger partial charge >= 0.3 is 18.6 Å². The van der Waals surface area contributed by atoms with Crippen molar-refractivity contribution in [3.63, 3.8) is 0 Å². The molecule has 0 N–H and O–H groups in total. The molecule has 0 aliphatic rings. The first kappa shape index (κ1) is 14.1. The molecule has 1 radical (unpaired) electrons. The van der Waals surface area contributed by atoms with Crippen molar-refractivity contribution in [1.29, 1.82) is 0 Å². The van der Waals surface area contributed by atoms with E-state index in [0.717, 1.165) is 6.42 Å². The Balaban J connectivity index is 0. The van der Waals surface area contributed by atoms with E-state index in [2.05, 4.69) is 41.5 Å². The number of hydrogen-bond acceptors (Lipinski definition) is 0. The van der Waals surface area contributed by atoms with E-state index in [9.17, 15) is 0 Å². The van der Waals surface area contributed by atoms with Gasteiger partial charge in [0.05, 0.1) is 0 Å². The monoisotopic (exact) mass is 191 g/mol. The quantitative estimate of drug-likeness (QED) is 0.600. The van der Waals surface area contributed by atoms with Crippen LogP contribution in [0.1, 0.15) is 34.1 Å². The minimum atomic E-state index is 0. The first-order chi connectivity index (χ1) is 4.33. The summed E-state index contributed by atoms with van der Waals surface area (Å²) in [6.07, 6.45) is 1.16. The SMILES string of the molecule is [CH2-]C(C)C(C)CC([CH2-])(C)C.[V+2]. The number of rotatable bonds is 3. The summed E-state index contributed by atoms with van der Waals surface area (Å²) in [7, 11) is 0. The van der Waals surface area contributed by atoms with E-state index >= 15 is 0 Å². The first-order valence-corrected chi connectivity index (χ1v) is 4.01. The third-order valence-corrected chi connectivity index (χ3v) is 1.85. The molecular weight excluding hydrogens is 171 g/mol. The van der Waals surface area contributed by atoms with Gasteiger partial charge in [0.2, 0.25) is 0 Å². The molecule has 2 unspecified atom stereocenters. The van der Waals surface area contributed by atoms with E-state index in [1.54, 1.807) is 0 Å². The van der Waals surface area contributed by atoms with Crippen molar-refractivity contribution in [2.45, 2.75) is 34.1 Å². The molecule has 65 valence electrons. The minimum absolute atomic E-state index is 0. The van der Waals surface area contributed by atoms with Crippen LogP contribution >= 0.6 is 0 Å². The maximum absolute atomic E-state index is 4.07. The molecule has 0 saturated heterocycles. The van der Waals surface area contributed by atoms with Crippen molar-refractivity contribution in [1.82, 2.24) is 0 Å². The summed E-state index contributed by atoms with van der Waals surface area (Å²) < 4.78 is 0. The Kier molecular flexibility index (Phi) is 6.77. The molecule has 0 aromatic rings. The summed E-state index contributed by atoms with van der Waals surface area (Å²) in [5.74, 6) is 1.23. The van der Waals surface area contributed by atoms with Crippen LogP contribution in [-0.4, -0.2) is 0 Å². The Morgan fingerprint density at radius 1 is 1.27 bits per heavy atom. The summed E-state index contributed by atoms with van der Waals surface area (Å²) >= 11 is 0. The molecule has 0 amide bonds. The van der Waals surface area contributed by atoms with Gasteiger partial charge < -0.3 is 13.8 Å². The van der Waals surface area contributed by atoms with Crippen molar-refractivity contribution in [2.24, 2.45) is 17.3 Å². The van der Waals surface area contributed by atoms with E-state index in [4.69, 9.17) is 0 Å². The summed E-state index contributed by atoms with van der Waals surface area (Å²) in [5.41, 5.74) is 0.214. The van der Waals surface area contributed by atoms with Crippen LogP contribution in [0.4, 0.5) is 0 Å². The van der Waals surface area contributed by atoms with Crippen molar-refractivity contribution < 1.29 is 18.6 Å². The molecule has 11 heavy (non-hydrogen) atoms. The minimum Gasteiger partial charge on any atom is -0.340 e. The molecule has 0 fully saturated rings. The van der Waals surface area contributed by atoms with Crippen LogP contribution in [0.5, 0.6) is 0 Å². The molecule has 0 saturated carbocycles. The fourth-order valence-corrected chi connectivity index (χ4v) is 1.07. The second-order valence-electron chi connectivity index (χ2n) is 4.32. The van der Waals surface area contributed by atoms with Crippen LogP contribution in [0.3, 0.4) is 0 Å². The van der Waals surface area contributed by atoms with Crippen molar-refractivity contribution in [3.8, 4) is 0 Å². The summed E-state index contributed by atoms with van der Waals surface area (Å²) in [6, 6.07) is 0. The van der Waals surface area contributed by atoms with Gasteiger partial charge in [-0.05, 0) is 0 Å². The number of hydrogen-bond donors (Lipinski definition) is 0. The fraction of sp³-hybridized carbons (Fsp3) is 0.800. The van der Waals surface area contributed by atoms with Gasteiger partial charge in [-0.15, -0.1) is 0 Å². The largest absolute Gasteiger partial charge is 2.00 e. The summed E-state index contributed by atoms with van der Waals surface area (Å²) in [6.45, 7) is 16.8. The van der Waals surface area contributed by atoms with Crippen molar-refractivity contribution >= 4 is 0 Å². The Morgan fingerprint density at radius 3 is 1.73 bits per heavy atom. The van der Waals surface area contributed by atoms with Gasteiger partial charge in [-0.3, -0.25) is 0 Å². The molecular formula is C10H20V. The predicted octanol–water partition coefficient (Wildman–Crippen LogP) is 3.34. The van der Waals surface area contributed by atoms with Gasteiger partial charge in [-0.25, -0.2) is 0 Å². The van der Waals surface area contributed by atoms with Gasteiger partial charge in [0.25, 0.3) is 0 Å². The maximum Gasteiger partial charge on any atom is 2.00 e. The van der Waals surface area contributed by atoms with E-state index in [1.807, 2.05) is 0 Å². The standard InChI is InChI=1S/C10H20.V/c1-8(2)9(3)7-10(4,5)6;/h8-9H,1,4,7H2,2-3,5-6H3;/q-2;+2. The normalized spacial score (nSPS) is 16.9. The average Bonchev–Trinajstić information content (AvgIpc) is 1.60. The second-order valence-corrected chi connectivity index (χ2v) is 4.32. The third kappa shape index (κ3) is 8.49. The molecule has 2 atom stereocenters. The Morgan fingerprint density at radius 2 is 1.64 bits per heavy atom. The van der Waals surface area contributed by atoms with Gasteiger partial charge in [0.15, 0.2) is 0 Å². The van der Waals surface area contributed by atoms with E-state index < -0.39 is 0 Å².